The van der Waals surface area contributed by atoms with E-state index in [9.17, 15) is 0 Å². The molecule has 0 aliphatic heterocycles. The van der Waals surface area contributed by atoms with Crippen LogP contribution in [-0.2, 0) is 0 Å². The van der Waals surface area contributed by atoms with Gasteiger partial charge in [-0.3, -0.25) is 0 Å². The number of alkyl halides is 1. The molecule has 0 bridgehead atoms. The largest absolute Gasteiger partial charge is 0.354 e. The third kappa shape index (κ3) is 3.92. The number of aryl methyl sites for hydroxylation is 1. The van der Waals surface area contributed by atoms with Gasteiger partial charge in [-0.2, -0.15) is 0 Å². The van der Waals surface area contributed by atoms with Gasteiger partial charge in [0.2, 0.25) is 5.95 Å². The smallest absolute Gasteiger partial charge is 0.222 e. The van der Waals surface area contributed by atoms with Crippen LogP contribution in [-0.4, -0.2) is 22.4 Å². The highest BCUT2D eigenvalue weighted by atomic mass is 35.5. The summed E-state index contributed by atoms with van der Waals surface area (Å²) >= 11 is 5.64. The van der Waals surface area contributed by atoms with Crippen molar-refractivity contribution >= 4 is 17.5 Å². The molecular formula is C10H16ClN3. The number of anilines is 1. The zero-order chi connectivity index (χ0) is 10.4. The fraction of sp³-hybridized carbons (Fsp3) is 0.600. The Morgan fingerprint density at radius 1 is 1.57 bits per heavy atom. The Bertz CT molecular complexity index is 278. The molecule has 0 fully saturated rings. The minimum Gasteiger partial charge on any atom is -0.354 e. The number of nitrogens with one attached hydrogen (secondary N) is 1. The van der Waals surface area contributed by atoms with Crippen LogP contribution in [0.25, 0.3) is 0 Å². The molecule has 1 heterocycles. The predicted molar refractivity (Wildman–Crippen MR) is 59.8 cm³/mol. The van der Waals surface area contributed by atoms with Crippen LogP contribution in [0.5, 0.6) is 0 Å². The van der Waals surface area contributed by atoms with Crippen LogP contribution >= 0.6 is 11.6 Å². The van der Waals surface area contributed by atoms with Gasteiger partial charge >= 0.3 is 0 Å². The monoisotopic (exact) mass is 213 g/mol. The average molecular weight is 214 g/mol. The second kappa shape index (κ2) is 5.81. The molecule has 78 valence electrons. The minimum atomic E-state index is 0.552. The van der Waals surface area contributed by atoms with Gasteiger partial charge in [0, 0.05) is 24.3 Å². The molecule has 1 aromatic rings. The van der Waals surface area contributed by atoms with Crippen molar-refractivity contribution in [3.05, 3.63) is 18.0 Å². The third-order valence-corrected chi connectivity index (χ3v) is 2.22. The predicted octanol–water partition coefficient (Wildman–Crippen LogP) is 2.46. The lowest BCUT2D eigenvalue weighted by Gasteiger charge is -2.10. The first-order valence-corrected chi connectivity index (χ1v) is 5.35. The van der Waals surface area contributed by atoms with Crippen molar-refractivity contribution in [3.63, 3.8) is 0 Å². The van der Waals surface area contributed by atoms with E-state index in [-0.39, 0.29) is 0 Å². The van der Waals surface area contributed by atoms with E-state index >= 15 is 0 Å². The molecule has 0 radical (unpaired) electrons. The first-order valence-electron chi connectivity index (χ1n) is 4.82. The van der Waals surface area contributed by atoms with Gasteiger partial charge in [0.05, 0.1) is 0 Å². The lowest BCUT2D eigenvalue weighted by molar-refractivity contribution is 0.594. The van der Waals surface area contributed by atoms with Crippen molar-refractivity contribution in [1.29, 1.82) is 0 Å². The molecule has 0 aliphatic carbocycles. The van der Waals surface area contributed by atoms with Crippen LogP contribution < -0.4 is 5.32 Å². The summed E-state index contributed by atoms with van der Waals surface area (Å²) in [6, 6.07) is 1.88. The molecular weight excluding hydrogens is 198 g/mol. The Kier molecular flexibility index (Phi) is 4.66. The summed E-state index contributed by atoms with van der Waals surface area (Å²) in [6.45, 7) is 4.98. The molecule has 3 nitrogen and oxygen atoms in total. The second-order valence-electron chi connectivity index (χ2n) is 3.49. The SMILES string of the molecule is Cc1ccnc(NCC(C)CCCl)n1. The lowest BCUT2D eigenvalue weighted by atomic mass is 10.1. The van der Waals surface area contributed by atoms with E-state index in [1.807, 2.05) is 13.0 Å². The minimum absolute atomic E-state index is 0.552. The molecule has 4 heteroatoms. The lowest BCUT2D eigenvalue weighted by Crippen LogP contribution is -2.13. The van der Waals surface area contributed by atoms with E-state index in [1.165, 1.54) is 0 Å². The number of hydrogen-bond donors (Lipinski definition) is 1. The first kappa shape index (κ1) is 11.2. The fourth-order valence-corrected chi connectivity index (χ4v) is 1.46. The highest BCUT2D eigenvalue weighted by molar-refractivity contribution is 6.17. The highest BCUT2D eigenvalue weighted by Gasteiger charge is 2.01. The maximum Gasteiger partial charge on any atom is 0.222 e. The van der Waals surface area contributed by atoms with Gasteiger partial charge in [-0.05, 0) is 25.3 Å². The van der Waals surface area contributed by atoms with E-state index in [0.29, 0.717) is 17.7 Å². The summed E-state index contributed by atoms with van der Waals surface area (Å²) < 4.78 is 0. The van der Waals surface area contributed by atoms with Crippen LogP contribution in [0.4, 0.5) is 5.95 Å². The normalized spacial score (nSPS) is 12.5. The van der Waals surface area contributed by atoms with Crippen molar-refractivity contribution in [1.82, 2.24) is 9.97 Å². The summed E-state index contributed by atoms with van der Waals surface area (Å²) in [5.41, 5.74) is 0.979. The first-order chi connectivity index (χ1) is 6.72. The maximum absolute atomic E-state index is 5.64. The highest BCUT2D eigenvalue weighted by Crippen LogP contribution is 2.05. The van der Waals surface area contributed by atoms with Gasteiger partial charge in [0.1, 0.15) is 0 Å². The number of halogens is 1. The van der Waals surface area contributed by atoms with Crippen LogP contribution in [0.3, 0.4) is 0 Å². The summed E-state index contributed by atoms with van der Waals surface area (Å²) in [6.07, 6.45) is 2.78. The Labute approximate surface area is 89.9 Å². The van der Waals surface area contributed by atoms with Crippen molar-refractivity contribution in [2.45, 2.75) is 20.3 Å². The van der Waals surface area contributed by atoms with Gasteiger partial charge in [-0.25, -0.2) is 9.97 Å². The molecule has 0 saturated heterocycles. The second-order valence-corrected chi connectivity index (χ2v) is 3.86. The molecule has 1 rings (SSSR count). The topological polar surface area (TPSA) is 37.8 Å². The zero-order valence-corrected chi connectivity index (χ0v) is 9.38. The quantitative estimate of drug-likeness (QED) is 0.764. The molecule has 1 aromatic heterocycles. The van der Waals surface area contributed by atoms with Gasteiger partial charge in [-0.15, -0.1) is 11.6 Å². The van der Waals surface area contributed by atoms with E-state index in [4.69, 9.17) is 11.6 Å². The number of nitrogens with zero attached hydrogens (tertiary/aromatic N) is 2. The van der Waals surface area contributed by atoms with Gasteiger partial charge in [0.15, 0.2) is 0 Å². The Morgan fingerprint density at radius 2 is 2.36 bits per heavy atom. The third-order valence-electron chi connectivity index (χ3n) is 2.01. The van der Waals surface area contributed by atoms with E-state index in [2.05, 4.69) is 22.2 Å². The van der Waals surface area contributed by atoms with Crippen molar-refractivity contribution in [2.24, 2.45) is 5.92 Å². The zero-order valence-electron chi connectivity index (χ0n) is 8.63. The van der Waals surface area contributed by atoms with Crippen LogP contribution in [0.2, 0.25) is 0 Å². The Balaban J connectivity index is 2.37. The van der Waals surface area contributed by atoms with Crippen molar-refractivity contribution in [3.8, 4) is 0 Å². The summed E-state index contributed by atoms with van der Waals surface area (Å²) in [4.78, 5) is 8.37. The van der Waals surface area contributed by atoms with Gasteiger partial charge in [-0.1, -0.05) is 6.92 Å². The molecule has 1 N–H and O–H groups in total. The molecule has 0 spiro atoms. The Morgan fingerprint density at radius 3 is 3.00 bits per heavy atom. The van der Waals surface area contributed by atoms with Crippen molar-refractivity contribution in [2.75, 3.05) is 17.7 Å². The van der Waals surface area contributed by atoms with Crippen LogP contribution in [0, 0.1) is 12.8 Å². The standard InChI is InChI=1S/C10H16ClN3/c1-8(3-5-11)7-13-10-12-6-4-9(2)14-10/h4,6,8H,3,5,7H2,1-2H3,(H,12,13,14). The maximum atomic E-state index is 5.64. The van der Waals surface area contributed by atoms with Crippen LogP contribution in [0.15, 0.2) is 12.3 Å². The Hall–Kier alpha value is -0.830. The van der Waals surface area contributed by atoms with E-state index < -0.39 is 0 Å². The summed E-state index contributed by atoms with van der Waals surface area (Å²) in [7, 11) is 0. The number of aromatic nitrogens is 2. The van der Waals surface area contributed by atoms with E-state index in [0.717, 1.165) is 18.7 Å². The molecule has 1 atom stereocenters. The molecule has 14 heavy (non-hydrogen) atoms. The molecule has 0 aromatic carbocycles. The average Bonchev–Trinajstić information content (AvgIpc) is 2.15. The molecule has 0 aliphatic rings. The number of hydrogen-bond acceptors (Lipinski definition) is 3. The van der Waals surface area contributed by atoms with Crippen LogP contribution in [0.1, 0.15) is 19.0 Å². The van der Waals surface area contributed by atoms with E-state index in [1.54, 1.807) is 6.20 Å². The van der Waals surface area contributed by atoms with Gasteiger partial charge in [0.25, 0.3) is 0 Å². The summed E-state index contributed by atoms with van der Waals surface area (Å²) in [5.74, 6) is 1.96. The van der Waals surface area contributed by atoms with Crippen molar-refractivity contribution < 1.29 is 0 Å². The molecule has 0 saturated carbocycles. The molecule has 0 amide bonds. The number of rotatable bonds is 5. The molecule has 1 unspecified atom stereocenters. The van der Waals surface area contributed by atoms with Gasteiger partial charge < -0.3 is 5.32 Å². The summed E-state index contributed by atoms with van der Waals surface area (Å²) in [5, 5.41) is 3.19. The fourth-order valence-electron chi connectivity index (χ4n) is 1.09.